The Bertz CT molecular complexity index is 748. The number of halogens is 2. The molecule has 2 rings (SSSR count). The number of nitrogens with one attached hydrogen (secondary N) is 1. The van der Waals surface area contributed by atoms with Crippen LogP contribution >= 0.6 is 23.2 Å². The molecular weight excluding hydrogens is 323 g/mol. The summed E-state index contributed by atoms with van der Waals surface area (Å²) < 4.78 is 1.58. The van der Waals surface area contributed by atoms with Crippen LogP contribution in [0.2, 0.25) is 10.0 Å². The molecule has 1 heterocycles. The molecule has 22 heavy (non-hydrogen) atoms. The van der Waals surface area contributed by atoms with Crippen molar-refractivity contribution in [2.24, 2.45) is 0 Å². The van der Waals surface area contributed by atoms with Crippen molar-refractivity contribution >= 4 is 29.1 Å². The maximum absolute atomic E-state index is 12.1. The molecule has 0 aliphatic carbocycles. The Kier molecular flexibility index (Phi) is 5.07. The van der Waals surface area contributed by atoms with Crippen molar-refractivity contribution < 1.29 is 4.79 Å². The van der Waals surface area contributed by atoms with E-state index in [9.17, 15) is 10.1 Å². The summed E-state index contributed by atoms with van der Waals surface area (Å²) in [6, 6.07) is 8.00. The second-order valence-electron chi connectivity index (χ2n) is 4.86. The van der Waals surface area contributed by atoms with E-state index in [2.05, 4.69) is 10.4 Å². The number of rotatable bonds is 4. The van der Waals surface area contributed by atoms with Crippen molar-refractivity contribution in [1.82, 2.24) is 15.1 Å². The fraction of sp³-hybridized carbons (Fsp3) is 0.267. The molecule has 0 bridgehead atoms. The topological polar surface area (TPSA) is 70.7 Å². The quantitative estimate of drug-likeness (QED) is 0.931. The van der Waals surface area contributed by atoms with Crippen molar-refractivity contribution in [3.05, 3.63) is 51.3 Å². The molecule has 7 heteroatoms. The second-order valence-corrected chi connectivity index (χ2v) is 5.64. The number of aromatic nitrogens is 2. The lowest BCUT2D eigenvalue weighted by molar-refractivity contribution is -0.122. The average molecular weight is 337 g/mol. The number of benzene rings is 1. The highest BCUT2D eigenvalue weighted by Crippen LogP contribution is 2.29. The summed E-state index contributed by atoms with van der Waals surface area (Å²) in [4.78, 5) is 12.1. The molecule has 0 saturated carbocycles. The molecule has 0 saturated heterocycles. The van der Waals surface area contributed by atoms with Gasteiger partial charge >= 0.3 is 0 Å². The zero-order chi connectivity index (χ0) is 16.3. The van der Waals surface area contributed by atoms with Crippen LogP contribution in [0.15, 0.2) is 24.3 Å². The van der Waals surface area contributed by atoms with E-state index < -0.39 is 6.04 Å². The number of carbonyl (C=O) groups excluding carboxylic acids is 1. The third-order valence-corrected chi connectivity index (χ3v) is 3.96. The summed E-state index contributed by atoms with van der Waals surface area (Å²) in [5.41, 5.74) is 2.18. The van der Waals surface area contributed by atoms with Gasteiger partial charge in [-0.05, 0) is 26.0 Å². The number of nitrogens with zero attached hydrogens (tertiary/aromatic N) is 3. The first-order valence-electron chi connectivity index (χ1n) is 6.56. The fourth-order valence-electron chi connectivity index (χ4n) is 2.10. The highest BCUT2D eigenvalue weighted by molar-refractivity contribution is 6.42. The van der Waals surface area contributed by atoms with Crippen LogP contribution in [0.4, 0.5) is 0 Å². The SMILES string of the molecule is Cc1cc(C)n(CC(=O)NC(C#N)c2cccc(Cl)c2Cl)n1. The van der Waals surface area contributed by atoms with Crippen molar-refractivity contribution in [3.8, 4) is 6.07 Å². The molecule has 0 aliphatic heterocycles. The first-order valence-corrected chi connectivity index (χ1v) is 7.32. The van der Waals surface area contributed by atoms with Gasteiger partial charge in [0.2, 0.25) is 5.91 Å². The number of carbonyl (C=O) groups is 1. The molecule has 1 amide bonds. The van der Waals surface area contributed by atoms with Gasteiger partial charge in [0.1, 0.15) is 12.6 Å². The molecule has 0 spiro atoms. The van der Waals surface area contributed by atoms with Gasteiger partial charge in [-0.1, -0.05) is 35.3 Å². The summed E-state index contributed by atoms with van der Waals surface area (Å²) in [5.74, 6) is -0.325. The molecule has 114 valence electrons. The Morgan fingerprint density at radius 1 is 1.45 bits per heavy atom. The molecule has 0 radical (unpaired) electrons. The van der Waals surface area contributed by atoms with E-state index in [4.69, 9.17) is 23.2 Å². The van der Waals surface area contributed by atoms with Gasteiger partial charge in [0.05, 0.1) is 21.8 Å². The summed E-state index contributed by atoms with van der Waals surface area (Å²) in [7, 11) is 0. The normalized spacial score (nSPS) is 11.8. The van der Waals surface area contributed by atoms with E-state index >= 15 is 0 Å². The predicted octanol–water partition coefficient (Wildman–Crippen LogP) is 3.19. The first kappa shape index (κ1) is 16.3. The summed E-state index contributed by atoms with van der Waals surface area (Å²) in [6.07, 6.45) is 0. The molecular formula is C15H14Cl2N4O. The minimum Gasteiger partial charge on any atom is -0.335 e. The van der Waals surface area contributed by atoms with Crippen molar-refractivity contribution in [3.63, 3.8) is 0 Å². The predicted molar refractivity (Wildman–Crippen MR) is 84.7 cm³/mol. The van der Waals surface area contributed by atoms with E-state index in [1.54, 1.807) is 22.9 Å². The van der Waals surface area contributed by atoms with Crippen molar-refractivity contribution in [1.29, 1.82) is 5.26 Å². The maximum atomic E-state index is 12.1. The van der Waals surface area contributed by atoms with Gasteiger partial charge in [0.25, 0.3) is 0 Å². The molecule has 5 nitrogen and oxygen atoms in total. The highest BCUT2D eigenvalue weighted by atomic mass is 35.5. The van der Waals surface area contributed by atoms with E-state index in [0.29, 0.717) is 10.6 Å². The van der Waals surface area contributed by atoms with E-state index in [1.165, 1.54) is 0 Å². The third kappa shape index (κ3) is 3.59. The number of amides is 1. The van der Waals surface area contributed by atoms with E-state index in [0.717, 1.165) is 11.4 Å². The Labute approximate surface area is 138 Å². The number of aryl methyl sites for hydroxylation is 2. The molecule has 0 fully saturated rings. The lowest BCUT2D eigenvalue weighted by Crippen LogP contribution is -2.31. The first-order chi connectivity index (χ1) is 10.4. The smallest absolute Gasteiger partial charge is 0.243 e. The van der Waals surface area contributed by atoms with Gasteiger partial charge < -0.3 is 5.32 Å². The fourth-order valence-corrected chi connectivity index (χ4v) is 2.52. The molecule has 1 aromatic heterocycles. The summed E-state index contributed by atoms with van der Waals surface area (Å²) in [5, 5.41) is 16.7. The Hall–Kier alpha value is -2.03. The van der Waals surface area contributed by atoms with Gasteiger partial charge in [-0.25, -0.2) is 0 Å². The van der Waals surface area contributed by atoms with E-state index in [1.807, 2.05) is 26.0 Å². The van der Waals surface area contributed by atoms with Gasteiger partial charge in [0, 0.05) is 11.3 Å². The van der Waals surface area contributed by atoms with Crippen LogP contribution in [0, 0.1) is 25.2 Å². The van der Waals surface area contributed by atoms with Crippen LogP contribution in [0.25, 0.3) is 0 Å². The zero-order valence-electron chi connectivity index (χ0n) is 12.1. The molecule has 1 N–H and O–H groups in total. The van der Waals surface area contributed by atoms with Gasteiger partial charge in [0.15, 0.2) is 0 Å². The zero-order valence-corrected chi connectivity index (χ0v) is 13.6. The van der Waals surface area contributed by atoms with Crippen LogP contribution in [-0.2, 0) is 11.3 Å². The summed E-state index contributed by atoms with van der Waals surface area (Å²) in [6.45, 7) is 3.75. The highest BCUT2D eigenvalue weighted by Gasteiger charge is 2.18. The Balaban J connectivity index is 2.13. The minimum absolute atomic E-state index is 0.0377. The number of hydrogen-bond donors (Lipinski definition) is 1. The van der Waals surface area contributed by atoms with Gasteiger partial charge in [-0.3, -0.25) is 9.48 Å². The monoisotopic (exact) mass is 336 g/mol. The van der Waals surface area contributed by atoms with Crippen LogP contribution in [0.5, 0.6) is 0 Å². The molecule has 1 aromatic carbocycles. The Morgan fingerprint density at radius 3 is 2.77 bits per heavy atom. The van der Waals surface area contributed by atoms with Crippen molar-refractivity contribution in [2.45, 2.75) is 26.4 Å². The third-order valence-electron chi connectivity index (χ3n) is 3.12. The standard InChI is InChI=1S/C15H14Cl2N4O/c1-9-6-10(2)21(20-9)8-14(22)19-13(7-18)11-4-3-5-12(16)15(11)17/h3-6,13H,8H2,1-2H3,(H,19,22). The molecule has 2 aromatic rings. The van der Waals surface area contributed by atoms with E-state index in [-0.39, 0.29) is 17.5 Å². The van der Waals surface area contributed by atoms with Crippen LogP contribution in [0.3, 0.4) is 0 Å². The van der Waals surface area contributed by atoms with Crippen LogP contribution in [-0.4, -0.2) is 15.7 Å². The maximum Gasteiger partial charge on any atom is 0.243 e. The average Bonchev–Trinajstić information content (AvgIpc) is 2.77. The van der Waals surface area contributed by atoms with Gasteiger partial charge in [-0.2, -0.15) is 10.4 Å². The number of nitriles is 1. The largest absolute Gasteiger partial charge is 0.335 e. The Morgan fingerprint density at radius 2 is 2.18 bits per heavy atom. The van der Waals surface area contributed by atoms with Crippen molar-refractivity contribution in [2.75, 3.05) is 0 Å². The second kappa shape index (κ2) is 6.82. The van der Waals surface area contributed by atoms with Crippen LogP contribution < -0.4 is 5.32 Å². The lowest BCUT2D eigenvalue weighted by Gasteiger charge is -2.14. The van der Waals surface area contributed by atoms with Gasteiger partial charge in [-0.15, -0.1) is 0 Å². The molecule has 0 aliphatic rings. The minimum atomic E-state index is -0.865. The lowest BCUT2D eigenvalue weighted by atomic mass is 10.1. The molecule has 1 unspecified atom stereocenters. The number of hydrogen-bond acceptors (Lipinski definition) is 3. The molecule has 1 atom stereocenters. The van der Waals surface area contributed by atoms with Crippen LogP contribution in [0.1, 0.15) is 23.0 Å². The summed E-state index contributed by atoms with van der Waals surface area (Å²) >= 11 is 12.0.